The van der Waals surface area contributed by atoms with Gasteiger partial charge in [-0.1, -0.05) is 6.42 Å². The van der Waals surface area contributed by atoms with E-state index in [0.717, 1.165) is 12.1 Å². The van der Waals surface area contributed by atoms with E-state index in [1.807, 2.05) is 18.0 Å². The summed E-state index contributed by atoms with van der Waals surface area (Å²) in [5, 5.41) is 5.72. The van der Waals surface area contributed by atoms with Gasteiger partial charge in [0.25, 0.3) is 0 Å². The maximum absolute atomic E-state index is 4.37. The van der Waals surface area contributed by atoms with Gasteiger partial charge >= 0.3 is 0 Å². The van der Waals surface area contributed by atoms with E-state index in [1.54, 1.807) is 11.3 Å². The van der Waals surface area contributed by atoms with Crippen molar-refractivity contribution in [3.8, 4) is 0 Å². The van der Waals surface area contributed by atoms with E-state index in [9.17, 15) is 0 Å². The molecule has 1 aliphatic carbocycles. The van der Waals surface area contributed by atoms with Crippen molar-refractivity contribution in [1.82, 2.24) is 4.98 Å². The van der Waals surface area contributed by atoms with Crippen LogP contribution < -0.4 is 5.32 Å². The average molecular weight is 264 g/mol. The SMILES string of the molecule is CSC1(CNc2ccnc3ccsc23)CCC1. The lowest BCUT2D eigenvalue weighted by atomic mass is 9.84. The Labute approximate surface area is 110 Å². The molecule has 4 heteroatoms. The van der Waals surface area contributed by atoms with Crippen molar-refractivity contribution >= 4 is 39.0 Å². The Balaban J connectivity index is 1.78. The maximum atomic E-state index is 4.37. The minimum Gasteiger partial charge on any atom is -0.382 e. The molecule has 0 unspecified atom stereocenters. The predicted molar refractivity (Wildman–Crippen MR) is 78.2 cm³/mol. The van der Waals surface area contributed by atoms with Crippen molar-refractivity contribution in [3.63, 3.8) is 0 Å². The summed E-state index contributed by atoms with van der Waals surface area (Å²) >= 11 is 3.78. The van der Waals surface area contributed by atoms with Crippen molar-refractivity contribution in [2.45, 2.75) is 24.0 Å². The Bertz CT molecular complexity index is 511. The standard InChI is InChI=1S/C13H16N2S2/c1-16-13(5-2-6-13)9-15-10-3-7-14-11-4-8-17-12(10)11/h3-4,7-8H,2,5-6,9H2,1H3,(H,14,15). The summed E-state index contributed by atoms with van der Waals surface area (Å²) in [5.74, 6) is 0. The smallest absolute Gasteiger partial charge is 0.0830 e. The molecular weight excluding hydrogens is 248 g/mol. The van der Waals surface area contributed by atoms with E-state index >= 15 is 0 Å². The summed E-state index contributed by atoms with van der Waals surface area (Å²) in [6.45, 7) is 1.07. The topological polar surface area (TPSA) is 24.9 Å². The first-order valence-corrected chi connectivity index (χ1v) is 8.05. The third-order valence-corrected chi connectivity index (χ3v) is 6.00. The zero-order chi connectivity index (χ0) is 11.7. The molecule has 2 aromatic rings. The molecule has 3 rings (SSSR count). The molecule has 17 heavy (non-hydrogen) atoms. The number of pyridine rings is 1. The summed E-state index contributed by atoms with van der Waals surface area (Å²) in [7, 11) is 0. The molecule has 0 radical (unpaired) electrons. The summed E-state index contributed by atoms with van der Waals surface area (Å²) < 4.78 is 1.76. The van der Waals surface area contributed by atoms with Gasteiger partial charge in [0.15, 0.2) is 0 Å². The first-order valence-electron chi connectivity index (χ1n) is 5.94. The van der Waals surface area contributed by atoms with Crippen LogP contribution in [0.15, 0.2) is 23.7 Å². The number of thioether (sulfide) groups is 1. The third kappa shape index (κ3) is 2.04. The number of aromatic nitrogens is 1. The van der Waals surface area contributed by atoms with Gasteiger partial charge in [-0.2, -0.15) is 11.8 Å². The quantitative estimate of drug-likeness (QED) is 0.903. The van der Waals surface area contributed by atoms with Gasteiger partial charge < -0.3 is 5.32 Å². The highest BCUT2D eigenvalue weighted by atomic mass is 32.2. The molecule has 0 aliphatic heterocycles. The lowest BCUT2D eigenvalue weighted by Crippen LogP contribution is -2.40. The molecule has 1 fully saturated rings. The second kappa shape index (κ2) is 4.50. The average Bonchev–Trinajstić information content (AvgIpc) is 2.77. The molecule has 0 bridgehead atoms. The molecule has 0 aromatic carbocycles. The van der Waals surface area contributed by atoms with Crippen LogP contribution in [-0.2, 0) is 0 Å². The van der Waals surface area contributed by atoms with Gasteiger partial charge in [-0.25, -0.2) is 0 Å². The van der Waals surface area contributed by atoms with Crippen LogP contribution in [0.1, 0.15) is 19.3 Å². The number of rotatable bonds is 4. The van der Waals surface area contributed by atoms with Gasteiger partial charge in [0.1, 0.15) is 0 Å². The number of nitrogens with one attached hydrogen (secondary N) is 1. The first kappa shape index (κ1) is 11.4. The monoisotopic (exact) mass is 264 g/mol. The largest absolute Gasteiger partial charge is 0.382 e. The Morgan fingerprint density at radius 1 is 1.47 bits per heavy atom. The van der Waals surface area contributed by atoms with E-state index in [-0.39, 0.29) is 0 Å². The maximum Gasteiger partial charge on any atom is 0.0830 e. The Morgan fingerprint density at radius 3 is 3.06 bits per heavy atom. The molecule has 0 amide bonds. The van der Waals surface area contributed by atoms with Gasteiger partial charge in [-0.05, 0) is 36.6 Å². The minimum absolute atomic E-state index is 0.479. The van der Waals surface area contributed by atoms with Crippen molar-refractivity contribution < 1.29 is 0 Å². The molecule has 2 aromatic heterocycles. The van der Waals surface area contributed by atoms with Crippen molar-refractivity contribution in [3.05, 3.63) is 23.7 Å². The Morgan fingerprint density at radius 2 is 2.35 bits per heavy atom. The van der Waals surface area contributed by atoms with Gasteiger partial charge in [0, 0.05) is 17.5 Å². The van der Waals surface area contributed by atoms with Gasteiger partial charge in [0.2, 0.25) is 0 Å². The van der Waals surface area contributed by atoms with Crippen LogP contribution in [0.25, 0.3) is 10.2 Å². The van der Waals surface area contributed by atoms with Crippen LogP contribution >= 0.6 is 23.1 Å². The molecule has 2 nitrogen and oxygen atoms in total. The van der Waals surface area contributed by atoms with E-state index in [4.69, 9.17) is 0 Å². The zero-order valence-corrected chi connectivity index (χ0v) is 11.5. The molecule has 0 saturated heterocycles. The summed E-state index contributed by atoms with van der Waals surface area (Å²) in [6.07, 6.45) is 8.20. The number of nitrogens with zero attached hydrogens (tertiary/aromatic N) is 1. The van der Waals surface area contributed by atoms with Crippen molar-refractivity contribution in [2.24, 2.45) is 0 Å². The predicted octanol–water partition coefficient (Wildman–Crippen LogP) is 3.99. The highest BCUT2D eigenvalue weighted by molar-refractivity contribution is 8.00. The highest BCUT2D eigenvalue weighted by Crippen LogP contribution is 2.43. The van der Waals surface area contributed by atoms with Crippen LogP contribution in [-0.4, -0.2) is 22.5 Å². The van der Waals surface area contributed by atoms with E-state index in [0.29, 0.717) is 4.75 Å². The second-order valence-corrected chi connectivity index (χ2v) is 6.78. The number of hydrogen-bond acceptors (Lipinski definition) is 4. The Hall–Kier alpha value is -0.740. The molecule has 1 N–H and O–H groups in total. The van der Waals surface area contributed by atoms with Gasteiger partial charge in [-0.15, -0.1) is 11.3 Å². The normalized spacial score (nSPS) is 17.9. The summed E-state index contributed by atoms with van der Waals surface area (Å²) in [6, 6.07) is 4.17. The summed E-state index contributed by atoms with van der Waals surface area (Å²) in [5.41, 5.74) is 2.34. The second-order valence-electron chi connectivity index (χ2n) is 4.59. The third-order valence-electron chi connectivity index (χ3n) is 3.64. The number of hydrogen-bond donors (Lipinski definition) is 1. The molecule has 90 valence electrons. The van der Waals surface area contributed by atoms with Crippen LogP contribution in [0, 0.1) is 0 Å². The molecule has 1 aliphatic rings. The van der Waals surface area contributed by atoms with Crippen LogP contribution in [0.4, 0.5) is 5.69 Å². The Kier molecular flexibility index (Phi) is 3.01. The van der Waals surface area contributed by atoms with Crippen molar-refractivity contribution in [2.75, 3.05) is 18.1 Å². The lowest BCUT2D eigenvalue weighted by molar-refractivity contribution is 0.380. The van der Waals surface area contributed by atoms with Gasteiger partial charge in [-0.3, -0.25) is 4.98 Å². The highest BCUT2D eigenvalue weighted by Gasteiger charge is 2.35. The fourth-order valence-corrected chi connectivity index (χ4v) is 4.05. The lowest BCUT2D eigenvalue weighted by Gasteiger charge is -2.40. The fraction of sp³-hybridized carbons (Fsp3) is 0.462. The minimum atomic E-state index is 0.479. The molecule has 1 saturated carbocycles. The fourth-order valence-electron chi connectivity index (χ4n) is 2.29. The number of thiophene rings is 1. The van der Waals surface area contributed by atoms with E-state index in [1.165, 1.54) is 29.6 Å². The van der Waals surface area contributed by atoms with Crippen molar-refractivity contribution in [1.29, 1.82) is 0 Å². The number of fused-ring (bicyclic) bond motifs is 1. The summed E-state index contributed by atoms with van der Waals surface area (Å²) in [4.78, 5) is 4.37. The first-order chi connectivity index (χ1) is 8.33. The molecule has 0 atom stereocenters. The van der Waals surface area contributed by atoms with Gasteiger partial charge in [0.05, 0.1) is 15.9 Å². The van der Waals surface area contributed by atoms with Crippen LogP contribution in [0.3, 0.4) is 0 Å². The van der Waals surface area contributed by atoms with E-state index in [2.05, 4.69) is 34.1 Å². The van der Waals surface area contributed by atoms with Crippen LogP contribution in [0.5, 0.6) is 0 Å². The van der Waals surface area contributed by atoms with E-state index < -0.39 is 0 Å². The zero-order valence-electron chi connectivity index (χ0n) is 9.90. The molecule has 0 spiro atoms. The number of anilines is 1. The molecule has 2 heterocycles. The van der Waals surface area contributed by atoms with Crippen LogP contribution in [0.2, 0.25) is 0 Å². The molecular formula is C13H16N2S2.